The zero-order valence-electron chi connectivity index (χ0n) is 14.7. The Kier molecular flexibility index (Phi) is 6.94. The number of aliphatic hydroxyl groups is 1. The topological polar surface area (TPSA) is 47.9 Å². The van der Waals surface area contributed by atoms with Crippen LogP contribution in [0.15, 0.2) is 36.4 Å². The summed E-state index contributed by atoms with van der Waals surface area (Å²) < 4.78 is 16.2. The van der Waals surface area contributed by atoms with Crippen LogP contribution in [0.5, 0.6) is 17.2 Å². The molecule has 0 heterocycles. The van der Waals surface area contributed by atoms with Crippen LogP contribution in [-0.2, 0) is 19.3 Å². The smallest absolute Gasteiger partial charge is 0.203 e. The molecular formula is C20H26O4. The van der Waals surface area contributed by atoms with Crippen molar-refractivity contribution in [2.24, 2.45) is 0 Å². The molecule has 0 aromatic heterocycles. The Morgan fingerprint density at radius 2 is 1.38 bits per heavy atom. The zero-order chi connectivity index (χ0) is 17.4. The van der Waals surface area contributed by atoms with E-state index in [0.29, 0.717) is 17.2 Å². The molecule has 0 aliphatic carbocycles. The Morgan fingerprint density at radius 3 is 1.88 bits per heavy atom. The molecule has 0 fully saturated rings. The molecule has 0 bridgehead atoms. The van der Waals surface area contributed by atoms with Crippen molar-refractivity contribution in [3.05, 3.63) is 53.1 Å². The Bertz CT molecular complexity index is 627. The molecule has 0 amide bonds. The van der Waals surface area contributed by atoms with Gasteiger partial charge in [0.05, 0.1) is 21.3 Å². The number of aryl methyl sites for hydroxylation is 3. The SMILES string of the molecule is COc1cc(CCc2ccccc2CCCO)cc(OC)c1OC. The van der Waals surface area contributed by atoms with Crippen molar-refractivity contribution in [1.29, 1.82) is 0 Å². The molecule has 0 unspecified atom stereocenters. The monoisotopic (exact) mass is 330 g/mol. The van der Waals surface area contributed by atoms with E-state index in [1.54, 1.807) is 21.3 Å². The van der Waals surface area contributed by atoms with Gasteiger partial charge in [-0.05, 0) is 54.5 Å². The summed E-state index contributed by atoms with van der Waals surface area (Å²) in [7, 11) is 4.87. The van der Waals surface area contributed by atoms with E-state index in [1.807, 2.05) is 12.1 Å². The summed E-state index contributed by atoms with van der Waals surface area (Å²) in [5, 5.41) is 9.05. The van der Waals surface area contributed by atoms with Crippen LogP contribution in [0.25, 0.3) is 0 Å². The summed E-state index contributed by atoms with van der Waals surface area (Å²) >= 11 is 0. The molecule has 1 N–H and O–H groups in total. The summed E-state index contributed by atoms with van der Waals surface area (Å²) in [5.74, 6) is 1.98. The molecule has 0 radical (unpaired) electrons. The number of benzene rings is 2. The van der Waals surface area contributed by atoms with Crippen LogP contribution >= 0.6 is 0 Å². The number of hydrogen-bond donors (Lipinski definition) is 1. The minimum absolute atomic E-state index is 0.223. The zero-order valence-corrected chi connectivity index (χ0v) is 14.7. The second-order valence-corrected chi connectivity index (χ2v) is 5.63. The van der Waals surface area contributed by atoms with Crippen LogP contribution in [-0.4, -0.2) is 33.0 Å². The fraction of sp³-hybridized carbons (Fsp3) is 0.400. The highest BCUT2D eigenvalue weighted by molar-refractivity contribution is 5.54. The number of ether oxygens (including phenoxy) is 3. The van der Waals surface area contributed by atoms with Gasteiger partial charge < -0.3 is 19.3 Å². The molecule has 0 aliphatic heterocycles. The molecule has 0 atom stereocenters. The van der Waals surface area contributed by atoms with Gasteiger partial charge in [-0.15, -0.1) is 0 Å². The van der Waals surface area contributed by atoms with E-state index < -0.39 is 0 Å². The Hall–Kier alpha value is -2.20. The van der Waals surface area contributed by atoms with Crippen LogP contribution in [0.1, 0.15) is 23.1 Å². The first-order valence-corrected chi connectivity index (χ1v) is 8.20. The normalized spacial score (nSPS) is 10.5. The van der Waals surface area contributed by atoms with Gasteiger partial charge in [-0.3, -0.25) is 0 Å². The fourth-order valence-corrected chi connectivity index (χ4v) is 2.87. The van der Waals surface area contributed by atoms with Gasteiger partial charge in [0.1, 0.15) is 0 Å². The van der Waals surface area contributed by atoms with Gasteiger partial charge >= 0.3 is 0 Å². The minimum Gasteiger partial charge on any atom is -0.493 e. The molecule has 2 rings (SSSR count). The highest BCUT2D eigenvalue weighted by Crippen LogP contribution is 2.38. The van der Waals surface area contributed by atoms with Crippen LogP contribution in [0.2, 0.25) is 0 Å². The van der Waals surface area contributed by atoms with Gasteiger partial charge in [-0.1, -0.05) is 24.3 Å². The molecule has 2 aromatic rings. The lowest BCUT2D eigenvalue weighted by Crippen LogP contribution is -2.01. The molecule has 0 saturated carbocycles. The summed E-state index contributed by atoms with van der Waals surface area (Å²) in [6.07, 6.45) is 3.51. The third-order valence-electron chi connectivity index (χ3n) is 4.13. The minimum atomic E-state index is 0.223. The average molecular weight is 330 g/mol. The van der Waals surface area contributed by atoms with E-state index in [9.17, 15) is 0 Å². The molecule has 0 spiro atoms. The third-order valence-corrected chi connectivity index (χ3v) is 4.13. The first-order chi connectivity index (χ1) is 11.7. The second-order valence-electron chi connectivity index (χ2n) is 5.63. The van der Waals surface area contributed by atoms with E-state index in [-0.39, 0.29) is 6.61 Å². The molecule has 24 heavy (non-hydrogen) atoms. The summed E-state index contributed by atoms with van der Waals surface area (Å²) in [4.78, 5) is 0. The van der Waals surface area contributed by atoms with E-state index in [2.05, 4.69) is 24.3 Å². The Labute approximate surface area is 144 Å². The lowest BCUT2D eigenvalue weighted by Gasteiger charge is -2.15. The number of methoxy groups -OCH3 is 3. The number of rotatable bonds is 9. The molecule has 0 saturated heterocycles. The summed E-state index contributed by atoms with van der Waals surface area (Å²) in [6.45, 7) is 0.223. The largest absolute Gasteiger partial charge is 0.493 e. The van der Waals surface area contributed by atoms with E-state index >= 15 is 0 Å². The van der Waals surface area contributed by atoms with Gasteiger partial charge in [0.15, 0.2) is 11.5 Å². The predicted molar refractivity (Wildman–Crippen MR) is 95.4 cm³/mol. The van der Waals surface area contributed by atoms with Crippen LogP contribution < -0.4 is 14.2 Å². The predicted octanol–water partition coefficient (Wildman–Crippen LogP) is 3.42. The van der Waals surface area contributed by atoms with Crippen molar-refractivity contribution in [2.75, 3.05) is 27.9 Å². The van der Waals surface area contributed by atoms with Gasteiger partial charge in [0.2, 0.25) is 5.75 Å². The van der Waals surface area contributed by atoms with Crippen molar-refractivity contribution < 1.29 is 19.3 Å². The Morgan fingerprint density at radius 1 is 0.792 bits per heavy atom. The van der Waals surface area contributed by atoms with Crippen molar-refractivity contribution in [3.8, 4) is 17.2 Å². The maximum absolute atomic E-state index is 9.05. The second kappa shape index (κ2) is 9.18. The maximum Gasteiger partial charge on any atom is 0.203 e. The lowest BCUT2D eigenvalue weighted by atomic mass is 9.97. The van der Waals surface area contributed by atoms with Gasteiger partial charge in [-0.25, -0.2) is 0 Å². The highest BCUT2D eigenvalue weighted by atomic mass is 16.5. The molecule has 130 valence electrons. The first kappa shape index (κ1) is 18.1. The van der Waals surface area contributed by atoms with Gasteiger partial charge in [0.25, 0.3) is 0 Å². The average Bonchev–Trinajstić information content (AvgIpc) is 2.64. The molecule has 0 aliphatic rings. The van der Waals surface area contributed by atoms with Gasteiger partial charge in [0, 0.05) is 6.61 Å². The van der Waals surface area contributed by atoms with Crippen molar-refractivity contribution in [3.63, 3.8) is 0 Å². The number of hydrogen-bond acceptors (Lipinski definition) is 4. The first-order valence-electron chi connectivity index (χ1n) is 8.20. The van der Waals surface area contributed by atoms with Crippen LogP contribution in [0.4, 0.5) is 0 Å². The van der Waals surface area contributed by atoms with Crippen LogP contribution in [0.3, 0.4) is 0 Å². The van der Waals surface area contributed by atoms with E-state index in [4.69, 9.17) is 19.3 Å². The van der Waals surface area contributed by atoms with Crippen LogP contribution in [0, 0.1) is 0 Å². The van der Waals surface area contributed by atoms with Crippen molar-refractivity contribution in [2.45, 2.75) is 25.7 Å². The van der Waals surface area contributed by atoms with E-state index in [1.165, 1.54) is 11.1 Å². The fourth-order valence-electron chi connectivity index (χ4n) is 2.87. The number of aliphatic hydroxyl groups excluding tert-OH is 1. The molecular weight excluding hydrogens is 304 g/mol. The standard InChI is InChI=1S/C20H26O4/c1-22-18-13-15(14-19(23-2)20(18)24-3)10-11-17-8-5-4-7-16(17)9-6-12-21/h4-5,7-8,13-14,21H,6,9-12H2,1-3H3. The van der Waals surface area contributed by atoms with E-state index in [0.717, 1.165) is 31.2 Å². The van der Waals surface area contributed by atoms with Crippen molar-refractivity contribution in [1.82, 2.24) is 0 Å². The maximum atomic E-state index is 9.05. The molecule has 2 aromatic carbocycles. The molecule has 4 heteroatoms. The molecule has 4 nitrogen and oxygen atoms in total. The lowest BCUT2D eigenvalue weighted by molar-refractivity contribution is 0.288. The van der Waals surface area contributed by atoms with Gasteiger partial charge in [-0.2, -0.15) is 0 Å². The third kappa shape index (κ3) is 4.42. The quantitative estimate of drug-likeness (QED) is 0.765. The van der Waals surface area contributed by atoms with Crippen molar-refractivity contribution >= 4 is 0 Å². The Balaban J connectivity index is 2.17. The summed E-state index contributed by atoms with van der Waals surface area (Å²) in [5.41, 5.74) is 3.76. The summed E-state index contributed by atoms with van der Waals surface area (Å²) in [6, 6.07) is 12.4. The highest BCUT2D eigenvalue weighted by Gasteiger charge is 2.13.